The Labute approximate surface area is 138 Å². The number of nitrogens with zero attached hydrogens (tertiary/aromatic N) is 2. The summed E-state index contributed by atoms with van der Waals surface area (Å²) in [4.78, 5) is 14.9. The minimum Gasteiger partial charge on any atom is -0.480 e. The zero-order chi connectivity index (χ0) is 16.8. The van der Waals surface area contributed by atoms with E-state index in [0.717, 1.165) is 4.88 Å². The lowest BCUT2D eigenvalue weighted by atomic mass is 10.2. The topological polar surface area (TPSA) is 51.7 Å². The first-order valence-corrected chi connectivity index (χ1v) is 7.98. The van der Waals surface area contributed by atoms with Crippen molar-refractivity contribution in [1.29, 1.82) is 0 Å². The molecule has 0 saturated carbocycles. The Bertz CT molecular complexity index is 662. The molecule has 0 saturated heterocycles. The highest BCUT2D eigenvalue weighted by atomic mass is 32.1. The summed E-state index contributed by atoms with van der Waals surface area (Å²) in [7, 11) is 3.23. The predicted molar refractivity (Wildman–Crippen MR) is 86.2 cm³/mol. The van der Waals surface area contributed by atoms with Gasteiger partial charge in [-0.15, -0.1) is 0 Å². The first kappa shape index (κ1) is 17.2. The number of halogens is 1. The quantitative estimate of drug-likeness (QED) is 0.778. The maximum Gasteiger partial charge on any atom is 0.263 e. The van der Waals surface area contributed by atoms with E-state index in [0.29, 0.717) is 18.8 Å². The molecule has 0 bridgehead atoms. The molecular weight excluding hydrogens is 319 g/mol. The summed E-state index contributed by atoms with van der Waals surface area (Å²) in [6.07, 6.45) is -0.282. The van der Waals surface area contributed by atoms with E-state index in [1.54, 1.807) is 37.3 Å². The van der Waals surface area contributed by atoms with Crippen molar-refractivity contribution in [3.8, 4) is 11.6 Å². The van der Waals surface area contributed by atoms with Crippen LogP contribution in [0.2, 0.25) is 0 Å². The number of hydrogen-bond donors (Lipinski definition) is 0. The fraction of sp³-hybridized carbons (Fsp3) is 0.375. The number of amides is 1. The molecule has 1 unspecified atom stereocenters. The number of aromatic nitrogens is 1. The summed E-state index contributed by atoms with van der Waals surface area (Å²) in [6, 6.07) is 7.85. The number of methoxy groups -OCH3 is 1. The van der Waals surface area contributed by atoms with Crippen LogP contribution >= 0.6 is 11.5 Å². The van der Waals surface area contributed by atoms with Gasteiger partial charge in [0.15, 0.2) is 17.7 Å². The fourth-order valence-corrected chi connectivity index (χ4v) is 2.76. The van der Waals surface area contributed by atoms with Crippen molar-refractivity contribution >= 4 is 17.4 Å². The van der Waals surface area contributed by atoms with Crippen LogP contribution in [0.25, 0.3) is 0 Å². The number of carbonyl (C=O) groups excluding carboxylic acids is 1. The number of likely N-dealkylation sites (N-methyl/N-ethyl adjacent to an activating group) is 1. The van der Waals surface area contributed by atoms with Gasteiger partial charge in [0, 0.05) is 18.0 Å². The highest BCUT2D eigenvalue weighted by Crippen LogP contribution is 2.21. The van der Waals surface area contributed by atoms with E-state index in [-0.39, 0.29) is 11.7 Å². The van der Waals surface area contributed by atoms with E-state index in [4.69, 9.17) is 9.47 Å². The minimum absolute atomic E-state index is 0.0839. The summed E-state index contributed by atoms with van der Waals surface area (Å²) in [5, 5.41) is 0. The van der Waals surface area contributed by atoms with Crippen molar-refractivity contribution in [3.05, 3.63) is 41.0 Å². The van der Waals surface area contributed by atoms with Crippen LogP contribution in [0.15, 0.2) is 30.3 Å². The van der Waals surface area contributed by atoms with E-state index in [9.17, 15) is 9.18 Å². The lowest BCUT2D eigenvalue weighted by Gasteiger charge is -2.23. The second-order valence-electron chi connectivity index (χ2n) is 4.98. The minimum atomic E-state index is -0.730. The molecule has 1 aromatic carbocycles. The van der Waals surface area contributed by atoms with E-state index in [1.807, 2.05) is 6.92 Å². The highest BCUT2D eigenvalue weighted by Gasteiger charge is 2.24. The second kappa shape index (κ2) is 7.92. The molecular formula is C16H19FN2O3S. The van der Waals surface area contributed by atoms with Crippen LogP contribution in [-0.4, -0.2) is 35.4 Å². The molecule has 23 heavy (non-hydrogen) atoms. The van der Waals surface area contributed by atoms with Gasteiger partial charge in [0.05, 0.1) is 13.7 Å². The van der Waals surface area contributed by atoms with Crippen molar-refractivity contribution in [2.24, 2.45) is 0 Å². The SMILES string of the molecule is CCC(Oc1ccccc1F)C(=O)N(C)Cc1cc(OC)ns1. The van der Waals surface area contributed by atoms with Crippen molar-refractivity contribution in [3.63, 3.8) is 0 Å². The van der Waals surface area contributed by atoms with Crippen molar-refractivity contribution in [2.75, 3.05) is 14.2 Å². The molecule has 0 fully saturated rings. The Morgan fingerprint density at radius 2 is 2.17 bits per heavy atom. The molecule has 2 aromatic rings. The van der Waals surface area contributed by atoms with Crippen LogP contribution in [0.4, 0.5) is 4.39 Å². The average Bonchev–Trinajstić information content (AvgIpc) is 3.01. The largest absolute Gasteiger partial charge is 0.480 e. The van der Waals surface area contributed by atoms with Gasteiger partial charge in [-0.05, 0) is 30.1 Å². The first-order chi connectivity index (χ1) is 11.0. The molecule has 1 aromatic heterocycles. The van der Waals surface area contributed by atoms with Gasteiger partial charge in [-0.1, -0.05) is 19.1 Å². The summed E-state index contributed by atoms with van der Waals surface area (Å²) in [5.74, 6) is -0.0715. The summed E-state index contributed by atoms with van der Waals surface area (Å²) >= 11 is 1.28. The summed E-state index contributed by atoms with van der Waals surface area (Å²) < 4.78 is 28.3. The summed E-state index contributed by atoms with van der Waals surface area (Å²) in [5.41, 5.74) is 0. The second-order valence-corrected chi connectivity index (χ2v) is 5.86. The van der Waals surface area contributed by atoms with Gasteiger partial charge < -0.3 is 14.4 Å². The molecule has 7 heteroatoms. The third-order valence-electron chi connectivity index (χ3n) is 3.27. The Hall–Kier alpha value is -2.15. The van der Waals surface area contributed by atoms with Gasteiger partial charge in [0.2, 0.25) is 5.88 Å². The van der Waals surface area contributed by atoms with Crippen LogP contribution in [0.1, 0.15) is 18.2 Å². The predicted octanol–water partition coefficient (Wildman–Crippen LogP) is 3.11. The molecule has 1 amide bonds. The molecule has 0 aliphatic heterocycles. The number of para-hydroxylation sites is 1. The van der Waals surface area contributed by atoms with Crippen LogP contribution in [0.3, 0.4) is 0 Å². The standard InChI is InChI=1S/C16H19FN2O3S/c1-4-13(22-14-8-6-5-7-12(14)17)16(20)19(2)10-11-9-15(21-3)18-23-11/h5-9,13H,4,10H2,1-3H3. The number of carbonyl (C=O) groups is 1. The lowest BCUT2D eigenvalue weighted by Crippen LogP contribution is -2.39. The smallest absolute Gasteiger partial charge is 0.263 e. The molecule has 0 radical (unpaired) electrons. The highest BCUT2D eigenvalue weighted by molar-refractivity contribution is 7.05. The van der Waals surface area contributed by atoms with Gasteiger partial charge in [-0.2, -0.15) is 4.37 Å². The monoisotopic (exact) mass is 338 g/mol. The van der Waals surface area contributed by atoms with Gasteiger partial charge in [-0.3, -0.25) is 4.79 Å². The van der Waals surface area contributed by atoms with Crippen molar-refractivity contribution < 1.29 is 18.7 Å². The zero-order valence-electron chi connectivity index (χ0n) is 13.3. The Morgan fingerprint density at radius 1 is 1.43 bits per heavy atom. The molecule has 2 rings (SSSR count). The Kier molecular flexibility index (Phi) is 5.92. The van der Waals surface area contributed by atoms with E-state index >= 15 is 0 Å². The van der Waals surface area contributed by atoms with Crippen LogP contribution in [0.5, 0.6) is 11.6 Å². The van der Waals surface area contributed by atoms with E-state index < -0.39 is 11.9 Å². The van der Waals surface area contributed by atoms with Crippen LogP contribution in [-0.2, 0) is 11.3 Å². The van der Waals surface area contributed by atoms with Gasteiger partial charge in [0.25, 0.3) is 5.91 Å². The molecule has 5 nitrogen and oxygen atoms in total. The van der Waals surface area contributed by atoms with E-state index in [1.165, 1.54) is 23.7 Å². The molecule has 1 heterocycles. The first-order valence-electron chi connectivity index (χ1n) is 7.20. The molecule has 1 atom stereocenters. The molecule has 0 aliphatic carbocycles. The Morgan fingerprint density at radius 3 is 2.78 bits per heavy atom. The van der Waals surface area contributed by atoms with Crippen LogP contribution < -0.4 is 9.47 Å². The molecule has 124 valence electrons. The third-order valence-corrected chi connectivity index (χ3v) is 4.02. The average molecular weight is 338 g/mol. The number of benzene rings is 1. The maximum absolute atomic E-state index is 13.7. The number of hydrogen-bond acceptors (Lipinski definition) is 5. The molecule has 0 spiro atoms. The van der Waals surface area contributed by atoms with Crippen molar-refractivity contribution in [2.45, 2.75) is 26.0 Å². The normalized spacial score (nSPS) is 11.8. The fourth-order valence-electron chi connectivity index (χ4n) is 2.02. The third kappa shape index (κ3) is 4.41. The van der Waals surface area contributed by atoms with E-state index in [2.05, 4.69) is 4.37 Å². The van der Waals surface area contributed by atoms with Gasteiger partial charge >= 0.3 is 0 Å². The van der Waals surface area contributed by atoms with Gasteiger partial charge in [0.1, 0.15) is 0 Å². The zero-order valence-corrected chi connectivity index (χ0v) is 14.1. The van der Waals surface area contributed by atoms with Crippen molar-refractivity contribution in [1.82, 2.24) is 9.27 Å². The van der Waals surface area contributed by atoms with Crippen LogP contribution in [0, 0.1) is 5.82 Å². The lowest BCUT2D eigenvalue weighted by molar-refractivity contribution is -0.138. The number of rotatable bonds is 7. The molecule has 0 N–H and O–H groups in total. The molecule has 0 aliphatic rings. The van der Waals surface area contributed by atoms with Gasteiger partial charge in [-0.25, -0.2) is 4.39 Å². The maximum atomic E-state index is 13.7. The summed E-state index contributed by atoms with van der Waals surface area (Å²) in [6.45, 7) is 2.23. The Balaban J connectivity index is 2.02. The number of ether oxygens (including phenoxy) is 2.